The van der Waals surface area contributed by atoms with Crippen molar-refractivity contribution in [3.8, 4) is 28.7 Å². The predicted molar refractivity (Wildman–Crippen MR) is 143 cm³/mol. The van der Waals surface area contributed by atoms with Crippen molar-refractivity contribution in [3.63, 3.8) is 0 Å². The Balaban J connectivity index is 1.54. The zero-order valence-corrected chi connectivity index (χ0v) is 23.2. The minimum absolute atomic E-state index is 0.120. The summed E-state index contributed by atoms with van der Waals surface area (Å²) < 4.78 is 26.8. The van der Waals surface area contributed by atoms with Crippen LogP contribution in [0.4, 0.5) is 0 Å². The molecule has 2 aromatic carbocycles. The van der Waals surface area contributed by atoms with Gasteiger partial charge in [-0.2, -0.15) is 0 Å². The highest BCUT2D eigenvalue weighted by Gasteiger charge is 2.44. The van der Waals surface area contributed by atoms with E-state index in [1.165, 1.54) is 38.4 Å². The van der Waals surface area contributed by atoms with Crippen molar-refractivity contribution >= 4 is 17.6 Å². The van der Waals surface area contributed by atoms with Gasteiger partial charge in [0.05, 0.1) is 35.5 Å². The van der Waals surface area contributed by atoms with Gasteiger partial charge in [0.2, 0.25) is 11.7 Å². The number of piperidine rings is 1. The second-order valence-corrected chi connectivity index (χ2v) is 9.61. The largest absolute Gasteiger partial charge is 0.493 e. The quantitative estimate of drug-likeness (QED) is 0.335. The van der Waals surface area contributed by atoms with E-state index in [2.05, 4.69) is 0 Å². The Bertz CT molecular complexity index is 1200. The molecule has 2 aliphatic rings. The van der Waals surface area contributed by atoms with E-state index >= 15 is 0 Å². The summed E-state index contributed by atoms with van der Waals surface area (Å²) in [5, 5.41) is 0. The molecule has 2 heterocycles. The highest BCUT2D eigenvalue weighted by Crippen LogP contribution is 2.39. The maximum absolute atomic E-state index is 13.7. The van der Waals surface area contributed by atoms with Crippen LogP contribution in [-0.2, 0) is 16.0 Å². The number of nitrogens with zero attached hydrogens (tertiary/aromatic N) is 2. The van der Waals surface area contributed by atoms with Crippen LogP contribution in [0.2, 0.25) is 0 Å². The highest BCUT2D eigenvalue weighted by molar-refractivity contribution is 6.43. The van der Waals surface area contributed by atoms with Gasteiger partial charge in [-0.05, 0) is 61.9 Å². The van der Waals surface area contributed by atoms with Gasteiger partial charge in [-0.1, -0.05) is 6.07 Å². The molecule has 2 saturated heterocycles. The number of fused-ring (bicyclic) bond motifs is 2. The van der Waals surface area contributed by atoms with Gasteiger partial charge >= 0.3 is 0 Å². The summed E-state index contributed by atoms with van der Waals surface area (Å²) in [5.74, 6) is 0.649. The fourth-order valence-electron chi connectivity index (χ4n) is 5.51. The Morgan fingerprint density at radius 1 is 0.821 bits per heavy atom. The molecular weight excluding hydrogens is 504 g/mol. The van der Waals surface area contributed by atoms with Crippen molar-refractivity contribution < 1.29 is 38.1 Å². The van der Waals surface area contributed by atoms with Gasteiger partial charge < -0.3 is 33.5 Å². The molecule has 0 aromatic heterocycles. The van der Waals surface area contributed by atoms with E-state index in [1.807, 2.05) is 23.1 Å². The van der Waals surface area contributed by atoms with Crippen LogP contribution in [0.3, 0.4) is 0 Å². The summed E-state index contributed by atoms with van der Waals surface area (Å²) in [4.78, 5) is 44.1. The van der Waals surface area contributed by atoms with Crippen LogP contribution in [0.25, 0.3) is 0 Å². The van der Waals surface area contributed by atoms with Gasteiger partial charge in [0, 0.05) is 24.7 Å². The second kappa shape index (κ2) is 12.3. The summed E-state index contributed by atoms with van der Waals surface area (Å²) in [6, 6.07) is 7.78. The van der Waals surface area contributed by atoms with E-state index in [0.29, 0.717) is 49.6 Å². The summed E-state index contributed by atoms with van der Waals surface area (Å²) in [6.45, 7) is 1.02. The average Bonchev–Trinajstić information content (AvgIpc) is 3.05. The lowest BCUT2D eigenvalue weighted by Gasteiger charge is -2.39. The van der Waals surface area contributed by atoms with Crippen LogP contribution in [-0.4, -0.2) is 88.1 Å². The maximum atomic E-state index is 13.7. The standard InChI is InChI=1S/C29H36N2O8/c1-35-22-10-9-18(15-23(22)36-2)11-13-30-14-12-20-7-6-8-21(28(30)33)31(20)29(34)26(32)19-16-24(37-3)27(39-5)25(17-19)38-4/h9-10,15-17,20-21H,6-8,11-14H2,1-5H3. The first-order chi connectivity index (χ1) is 18.9. The molecule has 0 aliphatic carbocycles. The first kappa shape index (κ1) is 28.1. The first-order valence-corrected chi connectivity index (χ1v) is 13.0. The molecule has 2 amide bonds. The van der Waals surface area contributed by atoms with Crippen LogP contribution in [0.5, 0.6) is 28.7 Å². The summed E-state index contributed by atoms with van der Waals surface area (Å²) >= 11 is 0. The number of amides is 2. The van der Waals surface area contributed by atoms with E-state index < -0.39 is 17.7 Å². The Kier molecular flexibility index (Phi) is 8.83. The number of rotatable bonds is 10. The van der Waals surface area contributed by atoms with Crippen molar-refractivity contribution in [1.82, 2.24) is 9.80 Å². The number of carbonyl (C=O) groups excluding carboxylic acids is 3. The molecule has 2 aromatic rings. The summed E-state index contributed by atoms with van der Waals surface area (Å²) in [7, 11) is 7.54. The Morgan fingerprint density at radius 2 is 1.49 bits per heavy atom. The minimum atomic E-state index is -0.710. The third-order valence-electron chi connectivity index (χ3n) is 7.55. The topological polar surface area (TPSA) is 104 Å². The fourth-order valence-corrected chi connectivity index (χ4v) is 5.51. The summed E-state index contributed by atoms with van der Waals surface area (Å²) in [6.07, 6.45) is 3.34. The van der Waals surface area contributed by atoms with E-state index in [1.54, 1.807) is 14.2 Å². The van der Waals surface area contributed by atoms with Crippen molar-refractivity contribution in [3.05, 3.63) is 41.5 Å². The summed E-state index contributed by atoms with van der Waals surface area (Å²) in [5.41, 5.74) is 1.13. The van der Waals surface area contributed by atoms with E-state index in [-0.39, 0.29) is 29.0 Å². The molecule has 0 radical (unpaired) electrons. The van der Waals surface area contributed by atoms with E-state index in [9.17, 15) is 14.4 Å². The zero-order chi connectivity index (χ0) is 28.1. The normalized spacial score (nSPS) is 18.7. The third-order valence-corrected chi connectivity index (χ3v) is 7.55. The number of ketones is 1. The van der Waals surface area contributed by atoms with Crippen molar-refractivity contribution in [2.45, 2.75) is 44.2 Å². The minimum Gasteiger partial charge on any atom is -0.493 e. The molecular formula is C29H36N2O8. The molecule has 2 bridgehead atoms. The zero-order valence-electron chi connectivity index (χ0n) is 23.2. The molecule has 2 atom stereocenters. The molecule has 2 aliphatic heterocycles. The van der Waals surface area contributed by atoms with Crippen LogP contribution < -0.4 is 23.7 Å². The lowest BCUT2D eigenvalue weighted by atomic mass is 9.93. The Hall–Kier alpha value is -3.95. The van der Waals surface area contributed by atoms with Crippen LogP contribution in [0.15, 0.2) is 30.3 Å². The van der Waals surface area contributed by atoms with Gasteiger partial charge in [0.25, 0.3) is 11.7 Å². The molecule has 4 rings (SSSR count). The van der Waals surface area contributed by atoms with Crippen molar-refractivity contribution in [2.75, 3.05) is 48.6 Å². The van der Waals surface area contributed by atoms with Crippen molar-refractivity contribution in [1.29, 1.82) is 0 Å². The number of Topliss-reactive ketones (excluding diaryl/α,β-unsaturated/α-hetero) is 1. The van der Waals surface area contributed by atoms with Gasteiger partial charge in [-0.3, -0.25) is 14.4 Å². The number of methoxy groups -OCH3 is 5. The Labute approximate surface area is 228 Å². The number of benzene rings is 2. The van der Waals surface area contributed by atoms with E-state index in [4.69, 9.17) is 23.7 Å². The molecule has 210 valence electrons. The number of hydrogen-bond donors (Lipinski definition) is 0. The molecule has 0 spiro atoms. The lowest BCUT2D eigenvalue weighted by molar-refractivity contribution is -0.145. The third kappa shape index (κ3) is 5.60. The maximum Gasteiger partial charge on any atom is 0.295 e. The number of carbonyl (C=O) groups is 3. The second-order valence-electron chi connectivity index (χ2n) is 9.61. The molecule has 0 N–H and O–H groups in total. The smallest absolute Gasteiger partial charge is 0.295 e. The molecule has 10 nitrogen and oxygen atoms in total. The monoisotopic (exact) mass is 540 g/mol. The van der Waals surface area contributed by atoms with Gasteiger partial charge in [-0.15, -0.1) is 0 Å². The molecule has 10 heteroatoms. The molecule has 39 heavy (non-hydrogen) atoms. The predicted octanol–water partition coefficient (Wildman–Crippen LogP) is 3.14. The fraction of sp³-hybridized carbons (Fsp3) is 0.483. The van der Waals surface area contributed by atoms with Gasteiger partial charge in [0.15, 0.2) is 23.0 Å². The van der Waals surface area contributed by atoms with Crippen LogP contribution >= 0.6 is 0 Å². The lowest BCUT2D eigenvalue weighted by Crippen LogP contribution is -2.55. The Morgan fingerprint density at radius 3 is 2.10 bits per heavy atom. The average molecular weight is 541 g/mol. The molecule has 2 unspecified atom stereocenters. The van der Waals surface area contributed by atoms with E-state index in [0.717, 1.165) is 18.4 Å². The number of hydrogen-bond acceptors (Lipinski definition) is 8. The SMILES string of the molecule is COc1ccc(CCN2CCC3CCCC(C2=O)N3C(=O)C(=O)c2cc(OC)c(OC)c(OC)c2)cc1OC. The number of ether oxygens (including phenoxy) is 5. The van der Waals surface area contributed by atoms with Crippen molar-refractivity contribution in [2.24, 2.45) is 0 Å². The van der Waals surface area contributed by atoms with Gasteiger partial charge in [0.1, 0.15) is 6.04 Å². The van der Waals surface area contributed by atoms with Crippen LogP contribution in [0.1, 0.15) is 41.6 Å². The first-order valence-electron chi connectivity index (χ1n) is 13.0. The molecule has 2 fully saturated rings. The van der Waals surface area contributed by atoms with Gasteiger partial charge in [-0.25, -0.2) is 0 Å². The highest BCUT2D eigenvalue weighted by atomic mass is 16.5. The molecule has 0 saturated carbocycles. The van der Waals surface area contributed by atoms with Crippen LogP contribution in [0, 0.1) is 0 Å².